The van der Waals surface area contributed by atoms with E-state index in [-0.39, 0.29) is 5.60 Å². The minimum Gasteiger partial charge on any atom is -0.385 e. The van der Waals surface area contributed by atoms with Gasteiger partial charge < -0.3 is 10.5 Å². The number of ether oxygens (including phenoxy) is 1. The highest BCUT2D eigenvalue weighted by Gasteiger charge is 2.35. The highest BCUT2D eigenvalue weighted by atomic mass is 16.5. The van der Waals surface area contributed by atoms with Crippen LogP contribution in [-0.2, 0) is 4.74 Å². The van der Waals surface area contributed by atoms with Crippen molar-refractivity contribution >= 4 is 5.84 Å². The molecule has 0 bridgehead atoms. The minimum atomic E-state index is -0.243. The van der Waals surface area contributed by atoms with E-state index < -0.39 is 0 Å². The van der Waals surface area contributed by atoms with Gasteiger partial charge in [0, 0.05) is 13.7 Å². The first kappa shape index (κ1) is 11.5. The van der Waals surface area contributed by atoms with Crippen molar-refractivity contribution in [1.82, 2.24) is 0 Å². The molecule has 1 saturated carbocycles. The number of hydrogen-bond acceptors (Lipinski definition) is 2. The molecule has 1 aliphatic rings. The first-order valence-corrected chi connectivity index (χ1v) is 5.61. The summed E-state index contributed by atoms with van der Waals surface area (Å²) >= 11 is 0. The molecule has 1 rings (SSSR count). The third-order valence-electron chi connectivity index (χ3n) is 3.02. The normalized spacial score (nSPS) is 22.3. The van der Waals surface area contributed by atoms with Crippen molar-refractivity contribution in [2.24, 2.45) is 10.7 Å². The van der Waals surface area contributed by atoms with Crippen molar-refractivity contribution in [2.45, 2.75) is 51.0 Å². The molecule has 0 unspecified atom stereocenters. The average Bonchev–Trinajstić information content (AvgIpc) is 2.26. The third kappa shape index (κ3) is 2.47. The number of nitrogens with zero attached hydrogens (tertiary/aromatic N) is 1. The van der Waals surface area contributed by atoms with Crippen molar-refractivity contribution in [3.8, 4) is 0 Å². The smallest absolute Gasteiger partial charge is 0.126 e. The van der Waals surface area contributed by atoms with E-state index in [1.165, 1.54) is 19.3 Å². The van der Waals surface area contributed by atoms with Crippen LogP contribution in [0.25, 0.3) is 0 Å². The number of methoxy groups -OCH3 is 1. The van der Waals surface area contributed by atoms with Crippen molar-refractivity contribution in [1.29, 1.82) is 0 Å². The van der Waals surface area contributed by atoms with E-state index in [1.54, 1.807) is 7.11 Å². The lowest BCUT2D eigenvalue weighted by Gasteiger charge is -2.35. The molecule has 0 aromatic heterocycles. The second kappa shape index (κ2) is 5.35. The van der Waals surface area contributed by atoms with Crippen LogP contribution >= 0.6 is 0 Å². The monoisotopic (exact) mass is 198 g/mol. The van der Waals surface area contributed by atoms with Gasteiger partial charge in [-0.05, 0) is 19.3 Å². The van der Waals surface area contributed by atoms with Crippen LogP contribution in [0.1, 0.15) is 45.4 Å². The van der Waals surface area contributed by atoms with Crippen LogP contribution in [-0.4, -0.2) is 25.1 Å². The SMILES string of the molecule is CCCN=C(N)C1(OC)CCCCC1. The maximum atomic E-state index is 6.00. The van der Waals surface area contributed by atoms with Crippen LogP contribution in [0, 0.1) is 0 Å². The Balaban J connectivity index is 2.66. The summed E-state index contributed by atoms with van der Waals surface area (Å²) in [7, 11) is 1.75. The fourth-order valence-electron chi connectivity index (χ4n) is 2.06. The van der Waals surface area contributed by atoms with E-state index in [0.29, 0.717) is 5.84 Å². The first-order valence-electron chi connectivity index (χ1n) is 5.61. The zero-order valence-corrected chi connectivity index (χ0v) is 9.38. The molecule has 3 nitrogen and oxygen atoms in total. The predicted octanol–water partition coefficient (Wildman–Crippen LogP) is 2.10. The molecule has 0 saturated heterocycles. The molecule has 0 spiro atoms. The molecule has 0 atom stereocenters. The predicted molar refractivity (Wildman–Crippen MR) is 59.6 cm³/mol. The van der Waals surface area contributed by atoms with Gasteiger partial charge >= 0.3 is 0 Å². The number of hydrogen-bond donors (Lipinski definition) is 1. The van der Waals surface area contributed by atoms with Gasteiger partial charge in [0.05, 0.1) is 0 Å². The Labute approximate surface area is 86.7 Å². The van der Waals surface area contributed by atoms with E-state index in [4.69, 9.17) is 10.5 Å². The van der Waals surface area contributed by atoms with Gasteiger partial charge in [0.25, 0.3) is 0 Å². The molecule has 1 aliphatic carbocycles. The zero-order chi connectivity index (χ0) is 10.4. The summed E-state index contributed by atoms with van der Waals surface area (Å²) in [5.41, 5.74) is 5.76. The molecule has 2 N–H and O–H groups in total. The fourth-order valence-corrected chi connectivity index (χ4v) is 2.06. The summed E-state index contributed by atoms with van der Waals surface area (Å²) in [5.74, 6) is 0.710. The average molecular weight is 198 g/mol. The maximum absolute atomic E-state index is 6.00. The number of aliphatic imine (C=N–C) groups is 1. The highest BCUT2D eigenvalue weighted by molar-refractivity contribution is 5.89. The Morgan fingerprint density at radius 1 is 1.36 bits per heavy atom. The molecular formula is C11H22N2O. The summed E-state index contributed by atoms with van der Waals surface area (Å²) in [5, 5.41) is 0. The largest absolute Gasteiger partial charge is 0.385 e. The molecule has 3 heteroatoms. The Morgan fingerprint density at radius 2 is 2.00 bits per heavy atom. The highest BCUT2D eigenvalue weighted by Crippen LogP contribution is 2.31. The van der Waals surface area contributed by atoms with Crippen LogP contribution in [0.5, 0.6) is 0 Å². The summed E-state index contributed by atoms with van der Waals surface area (Å²) < 4.78 is 5.58. The third-order valence-corrected chi connectivity index (χ3v) is 3.02. The van der Waals surface area contributed by atoms with Gasteiger partial charge in [-0.3, -0.25) is 4.99 Å². The quantitative estimate of drug-likeness (QED) is 0.555. The number of nitrogens with two attached hydrogens (primary N) is 1. The van der Waals surface area contributed by atoms with E-state index in [0.717, 1.165) is 25.8 Å². The van der Waals surface area contributed by atoms with E-state index in [1.807, 2.05) is 0 Å². The van der Waals surface area contributed by atoms with Crippen LogP contribution in [0.3, 0.4) is 0 Å². The Kier molecular flexibility index (Phi) is 4.39. The second-order valence-corrected chi connectivity index (χ2v) is 4.03. The molecule has 14 heavy (non-hydrogen) atoms. The van der Waals surface area contributed by atoms with Gasteiger partial charge in [-0.25, -0.2) is 0 Å². The molecular weight excluding hydrogens is 176 g/mol. The molecule has 0 aromatic carbocycles. The molecule has 0 amide bonds. The van der Waals surface area contributed by atoms with Crippen LogP contribution in [0.4, 0.5) is 0 Å². The van der Waals surface area contributed by atoms with Crippen molar-refractivity contribution in [3.05, 3.63) is 0 Å². The van der Waals surface area contributed by atoms with E-state index in [9.17, 15) is 0 Å². The molecule has 0 aliphatic heterocycles. The lowest BCUT2D eigenvalue weighted by Crippen LogP contribution is -2.47. The summed E-state index contributed by atoms with van der Waals surface area (Å²) in [4.78, 5) is 4.38. The maximum Gasteiger partial charge on any atom is 0.126 e. The zero-order valence-electron chi connectivity index (χ0n) is 9.38. The Morgan fingerprint density at radius 3 is 2.50 bits per heavy atom. The van der Waals surface area contributed by atoms with Crippen LogP contribution < -0.4 is 5.73 Å². The van der Waals surface area contributed by atoms with E-state index >= 15 is 0 Å². The van der Waals surface area contributed by atoms with Gasteiger partial charge in [0.2, 0.25) is 0 Å². The molecule has 1 fully saturated rings. The topological polar surface area (TPSA) is 47.6 Å². The van der Waals surface area contributed by atoms with Gasteiger partial charge in [0.15, 0.2) is 0 Å². The van der Waals surface area contributed by atoms with Crippen molar-refractivity contribution < 1.29 is 4.74 Å². The number of amidine groups is 1. The van der Waals surface area contributed by atoms with Gasteiger partial charge in [-0.15, -0.1) is 0 Å². The lowest BCUT2D eigenvalue weighted by molar-refractivity contribution is 0.0180. The van der Waals surface area contributed by atoms with Gasteiger partial charge in [0.1, 0.15) is 11.4 Å². The summed E-state index contributed by atoms with van der Waals surface area (Å²) in [6.45, 7) is 2.92. The minimum absolute atomic E-state index is 0.243. The van der Waals surface area contributed by atoms with E-state index in [2.05, 4.69) is 11.9 Å². The van der Waals surface area contributed by atoms with Crippen LogP contribution in [0.2, 0.25) is 0 Å². The van der Waals surface area contributed by atoms with Gasteiger partial charge in [-0.1, -0.05) is 26.2 Å². The van der Waals surface area contributed by atoms with Crippen LogP contribution in [0.15, 0.2) is 4.99 Å². The summed E-state index contributed by atoms with van der Waals surface area (Å²) in [6, 6.07) is 0. The standard InChI is InChI=1S/C11H22N2O/c1-3-9-13-10(12)11(14-2)7-5-4-6-8-11/h3-9H2,1-2H3,(H2,12,13). The Bertz CT molecular complexity index is 195. The van der Waals surface area contributed by atoms with Crippen molar-refractivity contribution in [3.63, 3.8) is 0 Å². The summed E-state index contributed by atoms with van der Waals surface area (Å²) in [6.07, 6.45) is 6.81. The lowest BCUT2D eigenvalue weighted by atomic mass is 9.83. The molecule has 0 radical (unpaired) electrons. The van der Waals surface area contributed by atoms with Crippen molar-refractivity contribution in [2.75, 3.05) is 13.7 Å². The fraction of sp³-hybridized carbons (Fsp3) is 0.909. The molecule has 0 heterocycles. The molecule has 82 valence electrons. The van der Waals surface area contributed by atoms with Gasteiger partial charge in [-0.2, -0.15) is 0 Å². The first-order chi connectivity index (χ1) is 6.75. The molecule has 0 aromatic rings. The second-order valence-electron chi connectivity index (χ2n) is 4.03. The number of rotatable bonds is 4. The Hall–Kier alpha value is -0.570.